The number of rotatable bonds is 2. The molecule has 0 bridgehead atoms. The molecule has 0 saturated carbocycles. The van der Waals surface area contributed by atoms with Gasteiger partial charge in [-0.2, -0.15) is 0 Å². The van der Waals surface area contributed by atoms with Crippen molar-refractivity contribution in [2.75, 3.05) is 13.1 Å². The zero-order chi connectivity index (χ0) is 31.4. The number of benzene rings is 1. The summed E-state index contributed by atoms with van der Waals surface area (Å²) in [5, 5.41) is 5.22. The van der Waals surface area contributed by atoms with Crippen LogP contribution in [0.3, 0.4) is 0 Å². The van der Waals surface area contributed by atoms with Crippen LogP contribution in [0.2, 0.25) is 0 Å². The van der Waals surface area contributed by atoms with E-state index in [-0.39, 0.29) is 36.2 Å². The van der Waals surface area contributed by atoms with Crippen molar-refractivity contribution in [1.29, 1.82) is 0 Å². The number of ether oxygens (including phenoxy) is 1. The highest BCUT2D eigenvalue weighted by atomic mass is 16.6. The third kappa shape index (κ3) is 5.00. The van der Waals surface area contributed by atoms with Crippen molar-refractivity contribution in [1.82, 2.24) is 34.6 Å². The van der Waals surface area contributed by atoms with E-state index in [0.717, 1.165) is 0 Å². The number of nitrogens with zero attached hydrogens (tertiary/aromatic N) is 5. The Morgan fingerprint density at radius 1 is 1.07 bits per heavy atom. The van der Waals surface area contributed by atoms with Crippen LogP contribution >= 0.6 is 0 Å². The molecular weight excluding hydrogens is 566 g/mol. The standard InChI is InChI=1S/C31H33N7O6/c1-30(2,3)44-29(43)37-14-12-31(11-13-32-27(31)41)25(37)19-16-33-23(34-17-19)9-6-18-5-7-20-22(15-18)36(4)28(42)38(20)21-8-10-24(39)35-26(21)40/h5,7,15-17,21,25H,8,10-14H2,1-4H3,(H,32,41)(H,35,39,40). The van der Waals surface area contributed by atoms with E-state index in [4.69, 9.17) is 4.74 Å². The van der Waals surface area contributed by atoms with Gasteiger partial charge in [0.2, 0.25) is 23.5 Å². The normalized spacial score (nSPS) is 23.5. The molecule has 3 aliphatic rings. The number of imidazole rings is 1. The number of imide groups is 1. The predicted octanol–water partition coefficient (Wildman–Crippen LogP) is 1.70. The lowest BCUT2D eigenvalue weighted by molar-refractivity contribution is -0.135. The average Bonchev–Trinajstić information content (AvgIpc) is 3.62. The van der Waals surface area contributed by atoms with E-state index in [1.165, 1.54) is 9.13 Å². The average molecular weight is 600 g/mol. The van der Waals surface area contributed by atoms with Crippen LogP contribution in [-0.4, -0.2) is 66.5 Å². The Bertz CT molecular complexity index is 1820. The lowest BCUT2D eigenvalue weighted by atomic mass is 9.76. The molecule has 3 aromatic rings. The highest BCUT2D eigenvalue weighted by Gasteiger charge is 2.57. The van der Waals surface area contributed by atoms with Gasteiger partial charge < -0.3 is 10.1 Å². The first kappa shape index (κ1) is 29.1. The number of hydrogen-bond donors (Lipinski definition) is 2. The number of fused-ring (bicyclic) bond motifs is 1. The maximum Gasteiger partial charge on any atom is 0.410 e. The van der Waals surface area contributed by atoms with Gasteiger partial charge in [0.15, 0.2) is 0 Å². The number of carbonyl (C=O) groups is 4. The van der Waals surface area contributed by atoms with Crippen LogP contribution in [0.15, 0.2) is 35.4 Å². The molecule has 3 fully saturated rings. The number of carbonyl (C=O) groups excluding carboxylic acids is 4. The molecule has 1 spiro atoms. The van der Waals surface area contributed by atoms with Crippen molar-refractivity contribution in [2.45, 2.75) is 64.1 Å². The monoisotopic (exact) mass is 599 g/mol. The molecule has 3 aliphatic heterocycles. The summed E-state index contributed by atoms with van der Waals surface area (Å²) < 4.78 is 8.51. The van der Waals surface area contributed by atoms with Crippen LogP contribution in [0, 0.1) is 17.3 Å². The molecule has 0 radical (unpaired) electrons. The number of nitrogens with one attached hydrogen (secondary N) is 2. The SMILES string of the molecule is Cn1c(=O)n(C2CCC(=O)NC2=O)c2ccc(C#Cc3ncc(C4N(C(=O)OC(C)(C)C)CCC45CCNC5=O)cn3)cc21. The van der Waals surface area contributed by atoms with E-state index in [0.29, 0.717) is 48.1 Å². The summed E-state index contributed by atoms with van der Waals surface area (Å²) in [7, 11) is 1.62. The third-order valence-corrected chi connectivity index (χ3v) is 8.49. The quantitative estimate of drug-likeness (QED) is 0.333. The molecule has 2 aromatic heterocycles. The van der Waals surface area contributed by atoms with E-state index in [2.05, 4.69) is 32.4 Å². The van der Waals surface area contributed by atoms with Gasteiger partial charge in [0.1, 0.15) is 11.6 Å². The van der Waals surface area contributed by atoms with Gasteiger partial charge in [-0.15, -0.1) is 0 Å². The Kier molecular flexibility index (Phi) is 7.02. The molecule has 3 unspecified atom stereocenters. The summed E-state index contributed by atoms with van der Waals surface area (Å²) in [6.07, 6.45) is 4.24. The van der Waals surface area contributed by atoms with Gasteiger partial charge in [-0.05, 0) is 64.2 Å². The highest BCUT2D eigenvalue weighted by Crippen LogP contribution is 2.51. The fourth-order valence-corrected chi connectivity index (χ4v) is 6.43. The second kappa shape index (κ2) is 10.6. The molecule has 1 aromatic carbocycles. The van der Waals surface area contributed by atoms with Gasteiger partial charge in [-0.25, -0.2) is 19.6 Å². The zero-order valence-corrected chi connectivity index (χ0v) is 25.0. The summed E-state index contributed by atoms with van der Waals surface area (Å²) in [6.45, 7) is 6.32. The number of aryl methyl sites for hydroxylation is 1. The second-order valence-electron chi connectivity index (χ2n) is 12.5. The van der Waals surface area contributed by atoms with Crippen LogP contribution in [-0.2, 0) is 26.2 Å². The molecule has 4 amide bonds. The molecule has 0 aliphatic carbocycles. The van der Waals surface area contributed by atoms with Gasteiger partial charge in [0, 0.05) is 50.1 Å². The van der Waals surface area contributed by atoms with Gasteiger partial charge >= 0.3 is 11.8 Å². The van der Waals surface area contributed by atoms with Crippen LogP contribution in [0.4, 0.5) is 4.79 Å². The van der Waals surface area contributed by atoms with Crippen molar-refractivity contribution in [2.24, 2.45) is 12.5 Å². The number of piperidine rings is 1. The molecular formula is C31H33N7O6. The molecule has 44 heavy (non-hydrogen) atoms. The first-order valence-electron chi connectivity index (χ1n) is 14.5. The minimum atomic E-state index is -0.775. The molecule has 3 atom stereocenters. The van der Waals surface area contributed by atoms with E-state index < -0.39 is 35.1 Å². The van der Waals surface area contributed by atoms with Crippen molar-refractivity contribution in [3.8, 4) is 11.8 Å². The summed E-state index contributed by atoms with van der Waals surface area (Å²) >= 11 is 0. The Hall–Kier alpha value is -4.99. The van der Waals surface area contributed by atoms with Gasteiger partial charge in [-0.1, -0.05) is 5.92 Å². The van der Waals surface area contributed by atoms with Crippen molar-refractivity contribution >= 4 is 34.8 Å². The molecule has 6 rings (SSSR count). The molecule has 13 nitrogen and oxygen atoms in total. The predicted molar refractivity (Wildman–Crippen MR) is 157 cm³/mol. The fraction of sp³-hybridized carbons (Fsp3) is 0.452. The van der Waals surface area contributed by atoms with Crippen LogP contribution < -0.4 is 16.3 Å². The van der Waals surface area contributed by atoms with Crippen LogP contribution in [0.25, 0.3) is 11.0 Å². The Labute approximate surface area is 253 Å². The number of hydrogen-bond acceptors (Lipinski definition) is 8. The third-order valence-electron chi connectivity index (χ3n) is 8.49. The highest BCUT2D eigenvalue weighted by molar-refractivity contribution is 6.00. The fourth-order valence-electron chi connectivity index (χ4n) is 6.43. The zero-order valence-electron chi connectivity index (χ0n) is 25.0. The minimum absolute atomic E-state index is 0.0892. The smallest absolute Gasteiger partial charge is 0.410 e. The molecule has 228 valence electrons. The lowest BCUT2D eigenvalue weighted by Crippen LogP contribution is -2.44. The Morgan fingerprint density at radius 3 is 2.48 bits per heavy atom. The first-order valence-corrected chi connectivity index (χ1v) is 14.5. The number of likely N-dealkylation sites (tertiary alicyclic amines) is 1. The van der Waals surface area contributed by atoms with Gasteiger partial charge in [-0.3, -0.25) is 33.7 Å². The first-order chi connectivity index (χ1) is 20.9. The topological polar surface area (TPSA) is 158 Å². The minimum Gasteiger partial charge on any atom is -0.444 e. The molecule has 5 heterocycles. The molecule has 2 N–H and O–H groups in total. The largest absolute Gasteiger partial charge is 0.444 e. The number of amides is 4. The van der Waals surface area contributed by atoms with Crippen LogP contribution in [0.1, 0.15) is 75.5 Å². The molecule has 3 saturated heterocycles. The van der Waals surface area contributed by atoms with Crippen molar-refractivity contribution < 1.29 is 23.9 Å². The van der Waals surface area contributed by atoms with Gasteiger partial charge in [0.25, 0.3) is 0 Å². The lowest BCUT2D eigenvalue weighted by Gasteiger charge is -2.34. The van der Waals surface area contributed by atoms with E-state index in [9.17, 15) is 24.0 Å². The Morgan fingerprint density at radius 2 is 1.82 bits per heavy atom. The van der Waals surface area contributed by atoms with Crippen molar-refractivity contribution in [3.63, 3.8) is 0 Å². The Balaban J connectivity index is 1.27. The van der Waals surface area contributed by atoms with E-state index in [1.807, 2.05) is 0 Å². The van der Waals surface area contributed by atoms with E-state index >= 15 is 0 Å². The summed E-state index contributed by atoms with van der Waals surface area (Å²) in [4.78, 5) is 73.7. The van der Waals surface area contributed by atoms with Gasteiger partial charge in [0.05, 0.1) is 22.5 Å². The van der Waals surface area contributed by atoms with E-state index in [1.54, 1.807) is 63.3 Å². The maximum atomic E-state index is 13.1. The maximum absolute atomic E-state index is 13.1. The summed E-state index contributed by atoms with van der Waals surface area (Å²) in [5.41, 5.74) is 0.564. The summed E-state index contributed by atoms with van der Waals surface area (Å²) in [5.74, 6) is 5.29. The van der Waals surface area contributed by atoms with Crippen LogP contribution in [0.5, 0.6) is 0 Å². The molecule has 13 heteroatoms. The second-order valence-corrected chi connectivity index (χ2v) is 12.5. The number of aromatic nitrogens is 4. The van der Waals surface area contributed by atoms with Crippen molar-refractivity contribution in [3.05, 3.63) is 58.0 Å². The summed E-state index contributed by atoms with van der Waals surface area (Å²) in [6, 6.07) is 3.88.